The fraction of sp³-hybridized carbons (Fsp3) is 0.565. The Balaban J connectivity index is 1.81. The molecule has 34 heavy (non-hydrogen) atoms. The second-order valence-corrected chi connectivity index (χ2v) is 10.2. The van der Waals surface area contributed by atoms with Gasteiger partial charge in [0.25, 0.3) is 11.5 Å². The molecule has 186 valence electrons. The van der Waals surface area contributed by atoms with Gasteiger partial charge in [-0.3, -0.25) is 24.0 Å². The van der Waals surface area contributed by atoms with E-state index in [1.165, 1.54) is 27.9 Å². The molecule has 0 aromatic carbocycles. The van der Waals surface area contributed by atoms with Crippen LogP contribution in [0, 0.1) is 11.8 Å². The molecule has 0 spiro atoms. The number of nitrogens with zero attached hydrogens (tertiary/aromatic N) is 2. The van der Waals surface area contributed by atoms with E-state index in [9.17, 15) is 19.2 Å². The van der Waals surface area contributed by atoms with E-state index in [0.717, 1.165) is 29.7 Å². The molecule has 10 nitrogen and oxygen atoms in total. The zero-order valence-corrected chi connectivity index (χ0v) is 20.8. The highest BCUT2D eigenvalue weighted by Crippen LogP contribution is 2.32. The molecule has 3 N–H and O–H groups in total. The van der Waals surface area contributed by atoms with Crippen LogP contribution in [0.3, 0.4) is 0 Å². The largest absolute Gasteiger partial charge is 0.451 e. The number of ether oxygens (including phenoxy) is 2. The predicted molar refractivity (Wildman–Crippen MR) is 131 cm³/mol. The van der Waals surface area contributed by atoms with Crippen LogP contribution in [0.15, 0.2) is 15.7 Å². The molecular weight excluding hydrogens is 460 g/mol. The quantitative estimate of drug-likeness (QED) is 0.509. The molecule has 1 aliphatic carbocycles. The van der Waals surface area contributed by atoms with Gasteiger partial charge in [-0.05, 0) is 42.7 Å². The van der Waals surface area contributed by atoms with E-state index in [0.29, 0.717) is 10.8 Å². The van der Waals surface area contributed by atoms with Gasteiger partial charge in [-0.15, -0.1) is 11.3 Å². The molecule has 0 saturated heterocycles. The first-order valence-electron chi connectivity index (χ1n) is 11.3. The number of hydrogen-bond acceptors (Lipinski definition) is 8. The van der Waals surface area contributed by atoms with Gasteiger partial charge in [0.1, 0.15) is 10.7 Å². The average Bonchev–Trinajstić information content (AvgIpc) is 3.20. The third kappa shape index (κ3) is 5.76. The fourth-order valence-electron chi connectivity index (χ4n) is 4.01. The Bertz CT molecular complexity index is 1170. The number of esters is 1. The van der Waals surface area contributed by atoms with Gasteiger partial charge in [0.05, 0.1) is 6.61 Å². The van der Waals surface area contributed by atoms with E-state index >= 15 is 0 Å². The van der Waals surface area contributed by atoms with Crippen LogP contribution in [-0.4, -0.2) is 48.3 Å². The Kier molecular flexibility index (Phi) is 8.32. The Morgan fingerprint density at radius 2 is 2.09 bits per heavy atom. The van der Waals surface area contributed by atoms with Crippen LogP contribution in [0.2, 0.25) is 0 Å². The minimum Gasteiger partial charge on any atom is -0.451 e. The SMILES string of the molecule is COCCN(C(=O)COC(=O)c1cc2c(s1)CC[C@@H](C)C2)c1c(N)n(CC(C)C)c(=O)[nH]c1=O. The molecular formula is C23H32N4O6S. The molecule has 2 heterocycles. The van der Waals surface area contributed by atoms with Crippen molar-refractivity contribution in [2.45, 2.75) is 46.6 Å². The van der Waals surface area contributed by atoms with Crippen LogP contribution in [0.4, 0.5) is 11.5 Å². The van der Waals surface area contributed by atoms with Crippen LogP contribution in [-0.2, 0) is 33.7 Å². The van der Waals surface area contributed by atoms with Gasteiger partial charge in [0.2, 0.25) is 0 Å². The third-order valence-electron chi connectivity index (χ3n) is 5.71. The number of amides is 1. The highest BCUT2D eigenvalue weighted by Gasteiger charge is 2.26. The maximum absolute atomic E-state index is 13.0. The van der Waals surface area contributed by atoms with Crippen molar-refractivity contribution in [2.24, 2.45) is 11.8 Å². The van der Waals surface area contributed by atoms with Crippen molar-refractivity contribution in [3.8, 4) is 0 Å². The highest BCUT2D eigenvalue weighted by molar-refractivity contribution is 7.14. The number of aromatic nitrogens is 2. The number of aryl methyl sites for hydroxylation is 1. The Morgan fingerprint density at radius 1 is 1.35 bits per heavy atom. The lowest BCUT2D eigenvalue weighted by molar-refractivity contribution is -0.121. The summed E-state index contributed by atoms with van der Waals surface area (Å²) >= 11 is 1.40. The summed E-state index contributed by atoms with van der Waals surface area (Å²) in [4.78, 5) is 55.5. The summed E-state index contributed by atoms with van der Waals surface area (Å²) in [5, 5.41) is 0. The van der Waals surface area contributed by atoms with E-state index in [1.54, 1.807) is 0 Å². The summed E-state index contributed by atoms with van der Waals surface area (Å²) in [6.07, 6.45) is 2.95. The molecule has 1 atom stereocenters. The maximum Gasteiger partial charge on any atom is 0.348 e. The number of hydrogen-bond donors (Lipinski definition) is 2. The van der Waals surface area contributed by atoms with E-state index in [2.05, 4.69) is 11.9 Å². The highest BCUT2D eigenvalue weighted by atomic mass is 32.1. The fourth-order valence-corrected chi connectivity index (χ4v) is 5.11. The minimum atomic E-state index is -0.793. The molecule has 0 aliphatic heterocycles. The number of methoxy groups -OCH3 is 1. The lowest BCUT2D eigenvalue weighted by Gasteiger charge is -2.24. The number of carbonyl (C=O) groups is 2. The Morgan fingerprint density at radius 3 is 2.76 bits per heavy atom. The van der Waals surface area contributed by atoms with Gasteiger partial charge in [0.15, 0.2) is 12.3 Å². The molecule has 0 unspecified atom stereocenters. The number of fused-ring (bicyclic) bond motifs is 1. The summed E-state index contributed by atoms with van der Waals surface area (Å²) in [6, 6.07) is 1.84. The second-order valence-electron chi connectivity index (χ2n) is 9.02. The van der Waals surface area contributed by atoms with Crippen molar-refractivity contribution in [3.63, 3.8) is 0 Å². The van der Waals surface area contributed by atoms with Crippen LogP contribution >= 0.6 is 11.3 Å². The molecule has 0 radical (unpaired) electrons. The van der Waals surface area contributed by atoms with Crippen molar-refractivity contribution in [3.05, 3.63) is 42.2 Å². The van der Waals surface area contributed by atoms with E-state index in [1.807, 2.05) is 19.9 Å². The summed E-state index contributed by atoms with van der Waals surface area (Å²) < 4.78 is 11.6. The third-order valence-corrected chi connectivity index (χ3v) is 6.93. The Labute approximate surface area is 201 Å². The minimum absolute atomic E-state index is 0.00870. The first kappa shape index (κ1) is 25.7. The summed E-state index contributed by atoms with van der Waals surface area (Å²) in [5.74, 6) is -0.712. The van der Waals surface area contributed by atoms with Crippen LogP contribution in [0.25, 0.3) is 0 Å². The van der Waals surface area contributed by atoms with E-state index in [4.69, 9.17) is 15.2 Å². The number of H-pyrrole nitrogens is 1. The number of carbonyl (C=O) groups excluding carboxylic acids is 2. The number of anilines is 2. The average molecular weight is 493 g/mol. The van der Waals surface area contributed by atoms with Crippen LogP contribution < -0.4 is 21.9 Å². The normalized spacial score (nSPS) is 15.3. The first-order valence-corrected chi connectivity index (χ1v) is 12.1. The van der Waals surface area contributed by atoms with Crippen LogP contribution in [0.1, 0.15) is 47.3 Å². The molecule has 2 aromatic rings. The predicted octanol–water partition coefficient (Wildman–Crippen LogP) is 1.80. The number of aromatic amines is 1. The zero-order chi connectivity index (χ0) is 25.0. The first-order chi connectivity index (χ1) is 16.1. The van der Waals surface area contributed by atoms with Crippen molar-refractivity contribution in [1.29, 1.82) is 0 Å². The Hall–Kier alpha value is -2.92. The van der Waals surface area contributed by atoms with E-state index < -0.39 is 29.7 Å². The summed E-state index contributed by atoms with van der Waals surface area (Å²) in [5.41, 5.74) is 5.71. The topological polar surface area (TPSA) is 137 Å². The molecule has 3 rings (SSSR count). The molecule has 2 aromatic heterocycles. The molecule has 11 heteroatoms. The van der Waals surface area contributed by atoms with Gasteiger partial charge in [-0.2, -0.15) is 0 Å². The van der Waals surface area contributed by atoms with Gasteiger partial charge >= 0.3 is 11.7 Å². The van der Waals surface area contributed by atoms with E-state index in [-0.39, 0.29) is 37.1 Å². The van der Waals surface area contributed by atoms with Gasteiger partial charge < -0.3 is 15.2 Å². The lowest BCUT2D eigenvalue weighted by atomic mass is 9.90. The molecule has 0 fully saturated rings. The molecule has 0 saturated carbocycles. The molecule has 1 amide bonds. The monoisotopic (exact) mass is 492 g/mol. The number of nitrogens with one attached hydrogen (secondary N) is 1. The number of nitrogens with two attached hydrogens (primary N) is 1. The van der Waals surface area contributed by atoms with Gasteiger partial charge in [-0.25, -0.2) is 9.59 Å². The van der Waals surface area contributed by atoms with Crippen LogP contribution in [0.5, 0.6) is 0 Å². The van der Waals surface area contributed by atoms with Crippen molar-refractivity contribution in [2.75, 3.05) is 37.5 Å². The number of nitrogen functional groups attached to an aromatic ring is 1. The van der Waals surface area contributed by atoms with Gasteiger partial charge in [-0.1, -0.05) is 20.8 Å². The smallest absolute Gasteiger partial charge is 0.348 e. The number of rotatable bonds is 9. The van der Waals surface area contributed by atoms with Crippen molar-refractivity contribution in [1.82, 2.24) is 9.55 Å². The maximum atomic E-state index is 13.0. The summed E-state index contributed by atoms with van der Waals surface area (Å²) in [6.45, 7) is 5.76. The number of thiophene rings is 1. The second kappa shape index (κ2) is 11.0. The lowest BCUT2D eigenvalue weighted by Crippen LogP contribution is -2.44. The van der Waals surface area contributed by atoms with Crippen molar-refractivity contribution < 1.29 is 19.1 Å². The van der Waals surface area contributed by atoms with Gasteiger partial charge in [0, 0.05) is 25.1 Å². The van der Waals surface area contributed by atoms with Crippen molar-refractivity contribution >= 4 is 34.7 Å². The standard InChI is InChI=1S/C23H32N4O6S/c1-13(2)11-27-20(24)19(21(29)25-23(27)31)26(7-8-32-4)18(28)12-33-22(30)17-10-15-9-14(3)5-6-16(15)34-17/h10,13-14H,5-9,11-12,24H2,1-4H3,(H,25,29,31)/t14-/m1/s1. The molecule has 1 aliphatic rings. The zero-order valence-electron chi connectivity index (χ0n) is 20.0. The summed E-state index contributed by atoms with van der Waals surface area (Å²) in [7, 11) is 1.45. The molecule has 0 bridgehead atoms.